The highest BCUT2D eigenvalue weighted by Gasteiger charge is 2.41. The van der Waals surface area contributed by atoms with Crippen molar-refractivity contribution < 1.29 is 14.7 Å². The van der Waals surface area contributed by atoms with Gasteiger partial charge in [-0.25, -0.2) is 0 Å². The van der Waals surface area contributed by atoms with Gasteiger partial charge in [-0.3, -0.25) is 14.5 Å². The molecule has 1 aliphatic rings. The first kappa shape index (κ1) is 15.4. The van der Waals surface area contributed by atoms with Gasteiger partial charge < -0.3 is 5.11 Å². The molecule has 1 aliphatic heterocycles. The van der Waals surface area contributed by atoms with Crippen LogP contribution in [0.5, 0.6) is 0 Å². The Morgan fingerprint density at radius 3 is 2.09 bits per heavy atom. The van der Waals surface area contributed by atoms with Crippen LogP contribution >= 0.6 is 0 Å². The Bertz CT molecular complexity index is 684. The minimum absolute atomic E-state index is 0.0754. The number of hydrogen-bond acceptors (Lipinski definition) is 3. The van der Waals surface area contributed by atoms with Crippen LogP contribution in [0.25, 0.3) is 0 Å². The van der Waals surface area contributed by atoms with Crippen LogP contribution in [0.4, 0.5) is 0 Å². The van der Waals surface area contributed by atoms with Crippen LogP contribution in [0.3, 0.4) is 0 Å². The number of aliphatic carboxylic acids is 1. The fourth-order valence-corrected chi connectivity index (χ4v) is 3.19. The average Bonchev–Trinajstić information content (AvgIpc) is 3.00. The normalized spacial score (nSPS) is 21.2. The summed E-state index contributed by atoms with van der Waals surface area (Å²) in [6.45, 7) is 1.57. The van der Waals surface area contributed by atoms with Crippen LogP contribution in [0.15, 0.2) is 60.7 Å². The lowest BCUT2D eigenvalue weighted by Gasteiger charge is -2.15. The van der Waals surface area contributed by atoms with E-state index in [2.05, 4.69) is 4.90 Å². The molecular weight excluding hydrogens is 290 g/mol. The van der Waals surface area contributed by atoms with E-state index in [4.69, 9.17) is 0 Å². The molecule has 3 rings (SSSR count). The van der Waals surface area contributed by atoms with E-state index in [-0.39, 0.29) is 5.78 Å². The summed E-state index contributed by atoms with van der Waals surface area (Å²) >= 11 is 0. The summed E-state index contributed by atoms with van der Waals surface area (Å²) in [6, 6.07) is 18.9. The van der Waals surface area contributed by atoms with E-state index in [0.29, 0.717) is 25.2 Å². The van der Waals surface area contributed by atoms with Crippen LogP contribution in [0.1, 0.15) is 15.9 Å². The predicted octanol–water partition coefficient (Wildman–Crippen LogP) is 2.70. The molecule has 0 spiro atoms. The fourth-order valence-electron chi connectivity index (χ4n) is 3.19. The van der Waals surface area contributed by atoms with Crippen LogP contribution in [0, 0.1) is 11.8 Å². The average molecular weight is 309 g/mol. The second-order valence-corrected chi connectivity index (χ2v) is 5.96. The maximum atomic E-state index is 12.7. The van der Waals surface area contributed by atoms with E-state index >= 15 is 0 Å². The van der Waals surface area contributed by atoms with Gasteiger partial charge in [0, 0.05) is 31.1 Å². The second-order valence-electron chi connectivity index (χ2n) is 5.96. The zero-order chi connectivity index (χ0) is 16.2. The third-order valence-electron chi connectivity index (χ3n) is 4.36. The zero-order valence-corrected chi connectivity index (χ0v) is 12.8. The summed E-state index contributed by atoms with van der Waals surface area (Å²) in [4.78, 5) is 26.3. The van der Waals surface area contributed by atoms with E-state index in [1.54, 1.807) is 24.3 Å². The first-order valence-electron chi connectivity index (χ1n) is 7.73. The molecule has 2 aromatic carbocycles. The van der Waals surface area contributed by atoms with Crippen molar-refractivity contribution >= 4 is 11.8 Å². The maximum Gasteiger partial charge on any atom is 0.308 e. The van der Waals surface area contributed by atoms with Gasteiger partial charge in [0.25, 0.3) is 0 Å². The van der Waals surface area contributed by atoms with E-state index in [1.165, 1.54) is 0 Å². The molecule has 0 saturated carbocycles. The minimum atomic E-state index is -0.894. The van der Waals surface area contributed by atoms with E-state index in [0.717, 1.165) is 5.56 Å². The summed E-state index contributed by atoms with van der Waals surface area (Å²) in [5.74, 6) is -2.10. The summed E-state index contributed by atoms with van der Waals surface area (Å²) in [5, 5.41) is 9.48. The number of rotatable bonds is 5. The molecule has 1 N–H and O–H groups in total. The Morgan fingerprint density at radius 1 is 0.913 bits per heavy atom. The molecule has 0 amide bonds. The lowest BCUT2D eigenvalue weighted by molar-refractivity contribution is -0.142. The number of nitrogens with zero attached hydrogens (tertiary/aromatic N) is 1. The van der Waals surface area contributed by atoms with Crippen molar-refractivity contribution in [3.05, 3.63) is 71.8 Å². The lowest BCUT2D eigenvalue weighted by atomic mass is 9.88. The number of likely N-dealkylation sites (tertiary alicyclic amines) is 1. The van der Waals surface area contributed by atoms with Crippen LogP contribution in [0.2, 0.25) is 0 Å². The molecule has 4 nitrogen and oxygen atoms in total. The van der Waals surface area contributed by atoms with E-state index in [1.807, 2.05) is 36.4 Å². The SMILES string of the molecule is O=C(O)[C@H]1CN(Cc2ccccc2)C[C@H]1C(=O)c1ccccc1. The van der Waals surface area contributed by atoms with Crippen molar-refractivity contribution in [3.8, 4) is 0 Å². The zero-order valence-electron chi connectivity index (χ0n) is 12.8. The number of benzene rings is 2. The highest BCUT2D eigenvalue weighted by molar-refractivity contribution is 6.00. The Hall–Kier alpha value is -2.46. The van der Waals surface area contributed by atoms with Gasteiger partial charge in [-0.05, 0) is 5.56 Å². The first-order chi connectivity index (χ1) is 11.1. The van der Waals surface area contributed by atoms with Crippen LogP contribution in [-0.4, -0.2) is 34.8 Å². The molecule has 0 unspecified atom stereocenters. The van der Waals surface area contributed by atoms with Crippen molar-refractivity contribution in [2.24, 2.45) is 11.8 Å². The maximum absolute atomic E-state index is 12.7. The molecule has 118 valence electrons. The monoisotopic (exact) mass is 309 g/mol. The summed E-state index contributed by atoms with van der Waals surface area (Å²) in [7, 11) is 0. The number of carboxylic acids is 1. The molecule has 4 heteroatoms. The molecule has 0 aromatic heterocycles. The molecular formula is C19H19NO3. The fraction of sp³-hybridized carbons (Fsp3) is 0.263. The smallest absolute Gasteiger partial charge is 0.308 e. The van der Waals surface area contributed by atoms with Crippen LogP contribution in [-0.2, 0) is 11.3 Å². The third-order valence-corrected chi connectivity index (χ3v) is 4.36. The van der Waals surface area contributed by atoms with Crippen molar-refractivity contribution in [2.45, 2.75) is 6.54 Å². The molecule has 1 fully saturated rings. The van der Waals surface area contributed by atoms with Gasteiger partial charge in [-0.1, -0.05) is 60.7 Å². The number of ketones is 1. The number of carbonyl (C=O) groups is 2. The molecule has 1 heterocycles. The largest absolute Gasteiger partial charge is 0.481 e. The Balaban J connectivity index is 1.76. The van der Waals surface area contributed by atoms with E-state index in [9.17, 15) is 14.7 Å². The predicted molar refractivity (Wildman–Crippen MR) is 87.1 cm³/mol. The van der Waals surface area contributed by atoms with Gasteiger partial charge in [0.05, 0.1) is 5.92 Å². The van der Waals surface area contributed by atoms with Gasteiger partial charge in [0.15, 0.2) is 5.78 Å². The molecule has 2 aromatic rings. The standard InChI is InChI=1S/C19H19NO3/c21-18(15-9-5-2-6-10-15)16-12-20(13-17(16)19(22)23)11-14-7-3-1-4-8-14/h1-10,16-17H,11-13H2,(H,22,23)/t16-,17+/m1/s1. The molecule has 0 aliphatic carbocycles. The molecule has 0 bridgehead atoms. The molecule has 1 saturated heterocycles. The van der Waals surface area contributed by atoms with Gasteiger partial charge in [0.1, 0.15) is 0 Å². The van der Waals surface area contributed by atoms with Gasteiger partial charge in [-0.15, -0.1) is 0 Å². The summed E-state index contributed by atoms with van der Waals surface area (Å²) in [5.41, 5.74) is 1.72. The van der Waals surface area contributed by atoms with Crippen LogP contribution < -0.4 is 0 Å². The number of hydrogen-bond donors (Lipinski definition) is 1. The molecule has 2 atom stereocenters. The van der Waals surface area contributed by atoms with Crippen molar-refractivity contribution in [1.29, 1.82) is 0 Å². The summed E-state index contributed by atoms with van der Waals surface area (Å²) in [6.07, 6.45) is 0. The second kappa shape index (κ2) is 6.75. The van der Waals surface area contributed by atoms with Crippen molar-refractivity contribution in [2.75, 3.05) is 13.1 Å². The quantitative estimate of drug-likeness (QED) is 0.863. The number of carbonyl (C=O) groups excluding carboxylic acids is 1. The first-order valence-corrected chi connectivity index (χ1v) is 7.73. The van der Waals surface area contributed by atoms with Gasteiger partial charge in [0.2, 0.25) is 0 Å². The topological polar surface area (TPSA) is 57.6 Å². The number of carboxylic acid groups (broad SMARTS) is 1. The lowest BCUT2D eigenvalue weighted by Crippen LogP contribution is -2.28. The van der Waals surface area contributed by atoms with Gasteiger partial charge in [-0.2, -0.15) is 0 Å². The Kier molecular flexibility index (Phi) is 4.53. The number of Topliss-reactive ketones (excluding diaryl/α,β-unsaturated/α-hetero) is 1. The van der Waals surface area contributed by atoms with Crippen molar-refractivity contribution in [3.63, 3.8) is 0 Å². The Morgan fingerprint density at radius 2 is 1.48 bits per heavy atom. The Labute approximate surface area is 135 Å². The van der Waals surface area contributed by atoms with E-state index < -0.39 is 17.8 Å². The highest BCUT2D eigenvalue weighted by atomic mass is 16.4. The molecule has 23 heavy (non-hydrogen) atoms. The van der Waals surface area contributed by atoms with Gasteiger partial charge >= 0.3 is 5.97 Å². The highest BCUT2D eigenvalue weighted by Crippen LogP contribution is 2.28. The summed E-state index contributed by atoms with van der Waals surface area (Å²) < 4.78 is 0. The van der Waals surface area contributed by atoms with Crippen molar-refractivity contribution in [1.82, 2.24) is 4.90 Å². The third kappa shape index (κ3) is 3.48. The minimum Gasteiger partial charge on any atom is -0.481 e. The molecule has 0 radical (unpaired) electrons.